The quantitative estimate of drug-likeness (QED) is 0.625. The van der Waals surface area contributed by atoms with Gasteiger partial charge in [-0.15, -0.1) is 0 Å². The number of rotatable bonds is 8. The fourth-order valence-electron chi connectivity index (χ4n) is 2.64. The molecule has 0 fully saturated rings. The number of hydrogen-bond acceptors (Lipinski definition) is 5. The van der Waals surface area contributed by atoms with Gasteiger partial charge in [0.05, 0.1) is 17.9 Å². The minimum atomic E-state index is 0.595. The average Bonchev–Trinajstić information content (AvgIpc) is 3.10. The molecule has 5 nitrogen and oxygen atoms in total. The maximum atomic E-state index is 5.67. The molecule has 5 heteroatoms. The van der Waals surface area contributed by atoms with Crippen molar-refractivity contribution in [1.82, 2.24) is 14.9 Å². The van der Waals surface area contributed by atoms with Crippen molar-refractivity contribution in [2.24, 2.45) is 0 Å². The molecule has 0 atom stereocenters. The van der Waals surface area contributed by atoms with Gasteiger partial charge in [0, 0.05) is 31.4 Å². The van der Waals surface area contributed by atoms with E-state index in [1.54, 1.807) is 6.26 Å². The fourth-order valence-corrected chi connectivity index (χ4v) is 2.64. The Kier molecular flexibility index (Phi) is 5.80. The van der Waals surface area contributed by atoms with Gasteiger partial charge >= 0.3 is 0 Å². The minimum Gasteiger partial charge on any atom is -0.493 e. The van der Waals surface area contributed by atoms with Gasteiger partial charge in [-0.1, -0.05) is 18.2 Å². The lowest BCUT2D eigenvalue weighted by molar-refractivity contribution is 0.325. The molecule has 0 bridgehead atoms. The third kappa shape index (κ3) is 4.67. The Bertz CT molecular complexity index is 786. The van der Waals surface area contributed by atoms with E-state index in [0.29, 0.717) is 12.5 Å². The van der Waals surface area contributed by atoms with Crippen LogP contribution in [0.15, 0.2) is 59.3 Å². The lowest BCUT2D eigenvalue weighted by Gasteiger charge is -2.14. The van der Waals surface area contributed by atoms with Crippen molar-refractivity contribution in [1.29, 1.82) is 0 Å². The highest BCUT2D eigenvalue weighted by Crippen LogP contribution is 2.29. The van der Waals surface area contributed by atoms with Crippen LogP contribution in [0.4, 0.5) is 0 Å². The smallest absolute Gasteiger partial charge is 0.229 e. The molecule has 0 spiro atoms. The summed E-state index contributed by atoms with van der Waals surface area (Å²) in [4.78, 5) is 11.2. The van der Waals surface area contributed by atoms with Crippen molar-refractivity contribution in [2.45, 2.75) is 19.9 Å². The number of pyridine rings is 1. The van der Waals surface area contributed by atoms with Gasteiger partial charge in [0.15, 0.2) is 0 Å². The van der Waals surface area contributed by atoms with Crippen LogP contribution in [0.2, 0.25) is 0 Å². The highest BCUT2D eigenvalue weighted by Gasteiger charge is 2.13. The predicted molar refractivity (Wildman–Crippen MR) is 97.4 cm³/mol. The summed E-state index contributed by atoms with van der Waals surface area (Å²) < 4.78 is 11.3. The SMILES string of the molecule is CCOc1ccccc1-c1nc(CN(C)CCc2ccccn2)co1. The number of oxazole rings is 1. The summed E-state index contributed by atoms with van der Waals surface area (Å²) in [6.07, 6.45) is 4.46. The molecule has 0 aliphatic carbocycles. The number of para-hydroxylation sites is 1. The van der Waals surface area contributed by atoms with E-state index in [2.05, 4.69) is 21.9 Å². The number of benzene rings is 1. The lowest BCUT2D eigenvalue weighted by Crippen LogP contribution is -2.21. The van der Waals surface area contributed by atoms with Crippen LogP contribution in [0, 0.1) is 0 Å². The molecule has 0 amide bonds. The molecular formula is C20H23N3O2. The number of ether oxygens (including phenoxy) is 1. The second-order valence-electron chi connectivity index (χ2n) is 5.88. The molecule has 3 rings (SSSR count). The molecule has 2 aromatic heterocycles. The second-order valence-corrected chi connectivity index (χ2v) is 5.88. The molecule has 0 aliphatic heterocycles. The molecule has 1 aromatic carbocycles. The Labute approximate surface area is 148 Å². The van der Waals surface area contributed by atoms with Crippen molar-refractivity contribution in [2.75, 3.05) is 20.2 Å². The van der Waals surface area contributed by atoms with E-state index in [1.807, 2.05) is 55.6 Å². The zero-order valence-corrected chi connectivity index (χ0v) is 14.7. The van der Waals surface area contributed by atoms with Crippen molar-refractivity contribution in [3.8, 4) is 17.2 Å². The van der Waals surface area contributed by atoms with Gasteiger partial charge in [-0.25, -0.2) is 4.98 Å². The van der Waals surface area contributed by atoms with Gasteiger partial charge in [-0.3, -0.25) is 4.98 Å². The summed E-state index contributed by atoms with van der Waals surface area (Å²) in [6, 6.07) is 13.8. The van der Waals surface area contributed by atoms with Crippen molar-refractivity contribution in [3.05, 3.63) is 66.3 Å². The summed E-state index contributed by atoms with van der Waals surface area (Å²) in [5, 5.41) is 0. The first-order chi connectivity index (χ1) is 12.3. The number of aromatic nitrogens is 2. The maximum Gasteiger partial charge on any atom is 0.229 e. The Morgan fingerprint density at radius 1 is 1.08 bits per heavy atom. The van der Waals surface area contributed by atoms with Crippen LogP contribution in [0.3, 0.4) is 0 Å². The van der Waals surface area contributed by atoms with Crippen molar-refractivity contribution in [3.63, 3.8) is 0 Å². The summed E-state index contributed by atoms with van der Waals surface area (Å²) in [5.74, 6) is 1.39. The molecule has 3 aromatic rings. The van der Waals surface area contributed by atoms with E-state index < -0.39 is 0 Å². The van der Waals surface area contributed by atoms with Gasteiger partial charge in [-0.2, -0.15) is 0 Å². The molecule has 0 saturated heterocycles. The molecule has 25 heavy (non-hydrogen) atoms. The van der Waals surface area contributed by atoms with E-state index >= 15 is 0 Å². The van der Waals surface area contributed by atoms with Gasteiger partial charge in [-0.05, 0) is 38.2 Å². The normalized spacial score (nSPS) is 11.0. The highest BCUT2D eigenvalue weighted by atomic mass is 16.5. The van der Waals surface area contributed by atoms with Crippen LogP contribution in [-0.4, -0.2) is 35.1 Å². The minimum absolute atomic E-state index is 0.595. The van der Waals surface area contributed by atoms with E-state index in [-0.39, 0.29) is 0 Å². The first-order valence-electron chi connectivity index (χ1n) is 8.51. The molecule has 0 N–H and O–H groups in total. The van der Waals surface area contributed by atoms with Gasteiger partial charge in [0.1, 0.15) is 12.0 Å². The van der Waals surface area contributed by atoms with E-state index in [0.717, 1.165) is 42.2 Å². The third-order valence-electron chi connectivity index (χ3n) is 3.88. The van der Waals surface area contributed by atoms with Gasteiger partial charge < -0.3 is 14.1 Å². The zero-order chi connectivity index (χ0) is 17.5. The predicted octanol–water partition coefficient (Wildman–Crippen LogP) is 3.81. The lowest BCUT2D eigenvalue weighted by atomic mass is 10.2. The van der Waals surface area contributed by atoms with E-state index in [4.69, 9.17) is 9.15 Å². The Morgan fingerprint density at radius 2 is 1.92 bits per heavy atom. The largest absolute Gasteiger partial charge is 0.493 e. The second kappa shape index (κ2) is 8.44. The summed E-state index contributed by atoms with van der Waals surface area (Å²) >= 11 is 0. The molecular weight excluding hydrogens is 314 g/mol. The maximum absolute atomic E-state index is 5.67. The molecule has 0 unspecified atom stereocenters. The monoisotopic (exact) mass is 337 g/mol. The van der Waals surface area contributed by atoms with Gasteiger partial charge in [0.2, 0.25) is 5.89 Å². The molecule has 130 valence electrons. The van der Waals surface area contributed by atoms with Crippen LogP contribution in [0.1, 0.15) is 18.3 Å². The standard InChI is InChI=1S/C20H23N3O2/c1-3-24-19-10-5-4-9-18(19)20-22-17(15-25-20)14-23(2)13-11-16-8-6-7-12-21-16/h4-10,12,15H,3,11,13-14H2,1-2H3. The first-order valence-corrected chi connectivity index (χ1v) is 8.51. The summed E-state index contributed by atoms with van der Waals surface area (Å²) in [5.41, 5.74) is 2.89. The van der Waals surface area contributed by atoms with E-state index in [1.165, 1.54) is 0 Å². The Balaban J connectivity index is 1.62. The zero-order valence-electron chi connectivity index (χ0n) is 14.7. The number of likely N-dealkylation sites (N-methyl/N-ethyl adjacent to an activating group) is 1. The third-order valence-corrected chi connectivity index (χ3v) is 3.88. The van der Waals surface area contributed by atoms with Crippen LogP contribution < -0.4 is 4.74 Å². The Morgan fingerprint density at radius 3 is 2.72 bits per heavy atom. The molecule has 0 radical (unpaired) electrons. The summed E-state index contributed by atoms with van der Waals surface area (Å²) in [7, 11) is 2.07. The summed E-state index contributed by atoms with van der Waals surface area (Å²) in [6.45, 7) is 4.22. The Hall–Kier alpha value is -2.66. The molecule has 2 heterocycles. The van der Waals surface area contributed by atoms with Crippen molar-refractivity contribution >= 4 is 0 Å². The van der Waals surface area contributed by atoms with E-state index in [9.17, 15) is 0 Å². The van der Waals surface area contributed by atoms with Crippen molar-refractivity contribution < 1.29 is 9.15 Å². The molecule has 0 aliphatic rings. The van der Waals surface area contributed by atoms with Crippen LogP contribution in [0.25, 0.3) is 11.5 Å². The average molecular weight is 337 g/mol. The van der Waals surface area contributed by atoms with Gasteiger partial charge in [0.25, 0.3) is 0 Å². The highest BCUT2D eigenvalue weighted by molar-refractivity contribution is 5.62. The molecule has 0 saturated carbocycles. The topological polar surface area (TPSA) is 51.4 Å². The number of nitrogens with zero attached hydrogens (tertiary/aromatic N) is 3. The first kappa shape index (κ1) is 17.2. The fraction of sp³-hybridized carbons (Fsp3) is 0.300. The number of hydrogen-bond donors (Lipinski definition) is 0. The van der Waals surface area contributed by atoms with Crippen LogP contribution in [0.5, 0.6) is 5.75 Å². The van der Waals surface area contributed by atoms with Crippen LogP contribution >= 0.6 is 0 Å². The van der Waals surface area contributed by atoms with Crippen LogP contribution in [-0.2, 0) is 13.0 Å².